The Morgan fingerprint density at radius 1 is 1.10 bits per heavy atom. The van der Waals surface area contributed by atoms with Crippen molar-refractivity contribution in [2.75, 3.05) is 7.11 Å². The molecule has 2 aromatic carbocycles. The van der Waals surface area contributed by atoms with Gasteiger partial charge in [-0.2, -0.15) is 0 Å². The molecule has 2 aromatic rings. The van der Waals surface area contributed by atoms with E-state index in [-0.39, 0.29) is 0 Å². The maximum atomic E-state index is 6.15. The third-order valence-corrected chi connectivity index (χ3v) is 7.15. The molecule has 0 fully saturated rings. The first kappa shape index (κ1) is 16.3. The van der Waals surface area contributed by atoms with Crippen LogP contribution in [0.3, 0.4) is 0 Å². The summed E-state index contributed by atoms with van der Waals surface area (Å²) in [6, 6.07) is 12.7. The zero-order valence-electron chi connectivity index (χ0n) is 10.3. The van der Waals surface area contributed by atoms with E-state index in [4.69, 9.17) is 44.1 Å². The van der Waals surface area contributed by atoms with Crippen LogP contribution in [0.25, 0.3) is 0 Å². The molecule has 106 valence electrons. The van der Waals surface area contributed by atoms with E-state index in [0.717, 1.165) is 5.30 Å². The lowest BCUT2D eigenvalue weighted by molar-refractivity contribution is 0.402. The van der Waals surface area contributed by atoms with E-state index < -0.39 is 6.49 Å². The molecule has 0 aliphatic heterocycles. The summed E-state index contributed by atoms with van der Waals surface area (Å²) < 4.78 is 12.0. The number of rotatable bonds is 4. The second kappa shape index (κ2) is 6.78. The predicted molar refractivity (Wildman–Crippen MR) is 92.2 cm³/mol. The highest BCUT2D eigenvalue weighted by atomic mass is 79.9. The van der Waals surface area contributed by atoms with Gasteiger partial charge in [-0.25, -0.2) is 0 Å². The Hall–Kier alpha value is -0.0900. The van der Waals surface area contributed by atoms with Gasteiger partial charge in [0.15, 0.2) is 0 Å². The summed E-state index contributed by atoms with van der Waals surface area (Å²) in [5.74, 6) is 0.411. The van der Waals surface area contributed by atoms with Crippen LogP contribution in [0.1, 0.15) is 0 Å². The summed E-state index contributed by atoms with van der Waals surface area (Å²) in [7, 11) is 1.53. The monoisotopic (exact) mass is 410 g/mol. The minimum Gasteiger partial charge on any atom is -0.439 e. The molecule has 0 saturated carbocycles. The number of hydrogen-bond acceptors (Lipinski definition) is 3. The Morgan fingerprint density at radius 3 is 2.35 bits per heavy atom. The van der Waals surface area contributed by atoms with Crippen molar-refractivity contribution < 1.29 is 9.05 Å². The van der Waals surface area contributed by atoms with Gasteiger partial charge in [0.1, 0.15) is 5.75 Å². The molecule has 0 aliphatic rings. The summed E-state index contributed by atoms with van der Waals surface area (Å²) in [5, 5.41) is 1.73. The second-order valence-electron chi connectivity index (χ2n) is 3.80. The molecule has 0 heterocycles. The molecule has 0 radical (unpaired) electrons. The minimum atomic E-state index is -2.66. The molecule has 0 unspecified atom stereocenters. The first-order valence-corrected chi connectivity index (χ1v) is 9.70. The average Bonchev–Trinajstić information content (AvgIpc) is 2.45. The highest BCUT2D eigenvalue weighted by Crippen LogP contribution is 2.49. The van der Waals surface area contributed by atoms with E-state index in [1.54, 1.807) is 12.1 Å². The van der Waals surface area contributed by atoms with E-state index in [2.05, 4.69) is 15.9 Å². The van der Waals surface area contributed by atoms with Gasteiger partial charge >= 0.3 is 0 Å². The van der Waals surface area contributed by atoms with Gasteiger partial charge in [0.05, 0.1) is 10.0 Å². The maximum absolute atomic E-state index is 6.15. The second-order valence-corrected chi connectivity index (χ2v) is 8.97. The Balaban J connectivity index is 2.41. The van der Waals surface area contributed by atoms with Crippen molar-refractivity contribution in [2.45, 2.75) is 0 Å². The third kappa shape index (κ3) is 3.56. The summed E-state index contributed by atoms with van der Waals surface area (Å²) in [4.78, 5) is 0. The number of benzene rings is 2. The summed E-state index contributed by atoms with van der Waals surface area (Å²) in [6.07, 6.45) is 0. The molecular weight excluding hydrogens is 402 g/mol. The molecule has 0 N–H and O–H groups in total. The lowest BCUT2D eigenvalue weighted by Crippen LogP contribution is -2.10. The van der Waals surface area contributed by atoms with Gasteiger partial charge in [0.2, 0.25) is 0 Å². The van der Waals surface area contributed by atoms with Crippen molar-refractivity contribution in [3.05, 3.63) is 57.0 Å². The Bertz CT molecular complexity index is 667. The van der Waals surface area contributed by atoms with Crippen molar-refractivity contribution in [3.8, 4) is 5.75 Å². The minimum absolute atomic E-state index is 0.411. The molecule has 1 atom stereocenters. The van der Waals surface area contributed by atoms with Crippen LogP contribution < -0.4 is 9.83 Å². The lowest BCUT2D eigenvalue weighted by Gasteiger charge is -2.22. The molecular formula is C13H10BrCl2O2PS. The third-order valence-electron chi connectivity index (χ3n) is 2.51. The van der Waals surface area contributed by atoms with Crippen molar-refractivity contribution in [1.29, 1.82) is 0 Å². The fourth-order valence-electron chi connectivity index (χ4n) is 1.51. The summed E-state index contributed by atoms with van der Waals surface area (Å²) >= 11 is 21.1. The van der Waals surface area contributed by atoms with Crippen LogP contribution in [0, 0.1) is 0 Å². The molecule has 2 nitrogen and oxygen atoms in total. The fraction of sp³-hybridized carbons (Fsp3) is 0.0769. The van der Waals surface area contributed by atoms with Crippen molar-refractivity contribution in [2.24, 2.45) is 0 Å². The van der Waals surface area contributed by atoms with Crippen LogP contribution in [0.5, 0.6) is 5.75 Å². The Kier molecular flexibility index (Phi) is 5.52. The smallest absolute Gasteiger partial charge is 0.268 e. The van der Waals surface area contributed by atoms with E-state index >= 15 is 0 Å². The van der Waals surface area contributed by atoms with Crippen LogP contribution in [-0.2, 0) is 16.3 Å². The maximum Gasteiger partial charge on any atom is 0.268 e. The summed E-state index contributed by atoms with van der Waals surface area (Å²) in [6.45, 7) is -2.66. The predicted octanol–water partition coefficient (Wildman–Crippen LogP) is 5.42. The first-order valence-electron chi connectivity index (χ1n) is 5.52. The van der Waals surface area contributed by atoms with E-state index in [1.165, 1.54) is 7.11 Å². The van der Waals surface area contributed by atoms with Gasteiger partial charge in [-0.1, -0.05) is 41.4 Å². The molecule has 0 bridgehead atoms. The van der Waals surface area contributed by atoms with E-state index in [0.29, 0.717) is 20.3 Å². The fourth-order valence-corrected chi connectivity index (χ4v) is 4.34. The van der Waals surface area contributed by atoms with E-state index in [9.17, 15) is 0 Å². The number of hydrogen-bond donors (Lipinski definition) is 0. The van der Waals surface area contributed by atoms with Crippen LogP contribution in [0.4, 0.5) is 0 Å². The quantitative estimate of drug-likeness (QED) is 0.494. The van der Waals surface area contributed by atoms with Crippen molar-refractivity contribution in [1.82, 2.24) is 0 Å². The zero-order valence-corrected chi connectivity index (χ0v) is 15.2. The van der Waals surface area contributed by atoms with Gasteiger partial charge in [0.25, 0.3) is 6.49 Å². The topological polar surface area (TPSA) is 18.5 Å². The Morgan fingerprint density at radius 2 is 1.75 bits per heavy atom. The molecule has 0 aromatic heterocycles. The number of halogens is 3. The molecule has 20 heavy (non-hydrogen) atoms. The molecule has 0 aliphatic carbocycles. The first-order chi connectivity index (χ1) is 9.46. The largest absolute Gasteiger partial charge is 0.439 e. The SMILES string of the molecule is CO[P@@](=S)(Oc1cc(Cl)c(Br)cc1Cl)c1ccccc1. The summed E-state index contributed by atoms with van der Waals surface area (Å²) in [5.41, 5.74) is 0. The molecule has 0 amide bonds. The van der Waals surface area contributed by atoms with Gasteiger partial charge in [-0.3, -0.25) is 0 Å². The van der Waals surface area contributed by atoms with Gasteiger partial charge < -0.3 is 9.05 Å². The van der Waals surface area contributed by atoms with Crippen LogP contribution >= 0.6 is 45.6 Å². The van der Waals surface area contributed by atoms with Crippen molar-refractivity contribution >= 4 is 62.7 Å². The van der Waals surface area contributed by atoms with E-state index in [1.807, 2.05) is 30.3 Å². The Labute approximate surface area is 141 Å². The molecule has 7 heteroatoms. The van der Waals surface area contributed by atoms with Gasteiger partial charge in [-0.15, -0.1) is 0 Å². The normalized spacial score (nSPS) is 13.8. The molecule has 0 saturated heterocycles. The van der Waals surface area contributed by atoms with Gasteiger partial charge in [0, 0.05) is 23.0 Å². The highest BCUT2D eigenvalue weighted by molar-refractivity contribution is 9.10. The van der Waals surface area contributed by atoms with Gasteiger partial charge in [-0.05, 0) is 45.9 Å². The average molecular weight is 412 g/mol. The molecule has 2 rings (SSSR count). The van der Waals surface area contributed by atoms with Crippen molar-refractivity contribution in [3.63, 3.8) is 0 Å². The van der Waals surface area contributed by atoms with Crippen LogP contribution in [-0.4, -0.2) is 7.11 Å². The zero-order chi connectivity index (χ0) is 14.8. The lowest BCUT2D eigenvalue weighted by atomic mass is 10.3. The standard InChI is InChI=1S/C13H10BrCl2O2PS/c1-17-19(20,9-5-3-2-4-6-9)18-13-8-11(15)10(14)7-12(13)16/h2-8H,1H3/t19-/m1/s1. The van der Waals surface area contributed by atoms with Crippen LogP contribution in [0.15, 0.2) is 46.9 Å². The molecule has 0 spiro atoms. The highest BCUT2D eigenvalue weighted by Gasteiger charge is 2.23. The van der Waals surface area contributed by atoms with Crippen LogP contribution in [0.2, 0.25) is 10.0 Å².